The van der Waals surface area contributed by atoms with Gasteiger partial charge in [0, 0.05) is 12.3 Å². The van der Waals surface area contributed by atoms with Crippen molar-refractivity contribution in [2.24, 2.45) is 0 Å². The molecule has 0 aliphatic rings. The van der Waals surface area contributed by atoms with Gasteiger partial charge in [-0.25, -0.2) is 14.6 Å². The van der Waals surface area contributed by atoms with Crippen LogP contribution in [0.1, 0.15) is 11.4 Å². The predicted octanol–water partition coefficient (Wildman–Crippen LogP) is 0.985. The molecule has 0 aromatic carbocycles. The lowest BCUT2D eigenvalue weighted by molar-refractivity contribution is 0.466. The molecular formula is C9H10N4O. The molecule has 0 fully saturated rings. The zero-order valence-corrected chi connectivity index (χ0v) is 7.97. The Morgan fingerprint density at radius 2 is 2.14 bits per heavy atom. The van der Waals surface area contributed by atoms with Crippen LogP contribution < -0.4 is 0 Å². The summed E-state index contributed by atoms with van der Waals surface area (Å²) in [7, 11) is 0. The molecule has 1 N–H and O–H groups in total. The Labute approximate surface area is 81.1 Å². The van der Waals surface area contributed by atoms with E-state index in [2.05, 4.69) is 15.1 Å². The van der Waals surface area contributed by atoms with Crippen LogP contribution in [0.4, 0.5) is 0 Å². The van der Waals surface area contributed by atoms with Gasteiger partial charge in [0.1, 0.15) is 12.0 Å². The second-order valence-electron chi connectivity index (χ2n) is 3.00. The predicted molar refractivity (Wildman–Crippen MR) is 50.3 cm³/mol. The molecule has 72 valence electrons. The first kappa shape index (κ1) is 8.68. The van der Waals surface area contributed by atoms with Crippen LogP contribution >= 0.6 is 0 Å². The minimum absolute atomic E-state index is 0.212. The van der Waals surface area contributed by atoms with Gasteiger partial charge in [0.05, 0.1) is 5.69 Å². The number of aromatic nitrogens is 4. The van der Waals surface area contributed by atoms with Gasteiger partial charge in [-0.3, -0.25) is 0 Å². The number of hydrogen-bond acceptors (Lipinski definition) is 4. The van der Waals surface area contributed by atoms with E-state index >= 15 is 0 Å². The van der Waals surface area contributed by atoms with E-state index in [9.17, 15) is 5.11 Å². The largest absolute Gasteiger partial charge is 0.504 e. The van der Waals surface area contributed by atoms with Crippen molar-refractivity contribution in [2.45, 2.75) is 13.8 Å². The number of aryl methyl sites for hydroxylation is 1. The fourth-order valence-electron chi connectivity index (χ4n) is 1.27. The van der Waals surface area contributed by atoms with E-state index < -0.39 is 0 Å². The van der Waals surface area contributed by atoms with Crippen LogP contribution in [-0.2, 0) is 0 Å². The summed E-state index contributed by atoms with van der Waals surface area (Å²) in [5, 5.41) is 13.7. The first-order valence-corrected chi connectivity index (χ1v) is 4.21. The van der Waals surface area contributed by atoms with Crippen molar-refractivity contribution in [1.82, 2.24) is 19.7 Å². The van der Waals surface area contributed by atoms with Gasteiger partial charge >= 0.3 is 0 Å². The number of hydrogen-bond donors (Lipinski definition) is 1. The Kier molecular flexibility index (Phi) is 1.92. The monoisotopic (exact) mass is 190 g/mol. The Balaban J connectivity index is 2.58. The smallest absolute Gasteiger partial charge is 0.160 e. The number of rotatable bonds is 1. The summed E-state index contributed by atoms with van der Waals surface area (Å²) in [6, 6.07) is 1.74. The maximum atomic E-state index is 9.56. The fraction of sp³-hybridized carbons (Fsp3) is 0.222. The molecule has 14 heavy (non-hydrogen) atoms. The highest BCUT2D eigenvalue weighted by Gasteiger charge is 2.11. The molecule has 2 aromatic heterocycles. The van der Waals surface area contributed by atoms with E-state index in [1.54, 1.807) is 30.8 Å². The molecule has 5 nitrogen and oxygen atoms in total. The van der Waals surface area contributed by atoms with E-state index in [-0.39, 0.29) is 5.75 Å². The van der Waals surface area contributed by atoms with E-state index in [0.717, 1.165) is 0 Å². The minimum Gasteiger partial charge on any atom is -0.504 e. The Morgan fingerprint density at radius 3 is 2.64 bits per heavy atom. The highest BCUT2D eigenvalue weighted by Crippen LogP contribution is 2.21. The van der Waals surface area contributed by atoms with Crippen molar-refractivity contribution in [2.75, 3.05) is 0 Å². The first-order valence-electron chi connectivity index (χ1n) is 4.21. The van der Waals surface area contributed by atoms with E-state index in [1.165, 1.54) is 6.33 Å². The Morgan fingerprint density at radius 1 is 1.36 bits per heavy atom. The van der Waals surface area contributed by atoms with Crippen molar-refractivity contribution in [3.8, 4) is 11.6 Å². The normalized spacial score (nSPS) is 10.4. The summed E-state index contributed by atoms with van der Waals surface area (Å²) in [6.45, 7) is 3.54. The summed E-state index contributed by atoms with van der Waals surface area (Å²) in [5.74, 6) is 0.865. The molecular weight excluding hydrogens is 180 g/mol. The van der Waals surface area contributed by atoms with Gasteiger partial charge in [-0.15, -0.1) is 0 Å². The van der Waals surface area contributed by atoms with Crippen LogP contribution in [0, 0.1) is 13.8 Å². The van der Waals surface area contributed by atoms with Gasteiger partial charge < -0.3 is 5.11 Å². The standard InChI is InChI=1S/C9H10N4O/c1-6-9(14)7(2)13(12-6)8-3-4-10-5-11-8/h3-5,14H,1-2H3. The molecule has 0 bridgehead atoms. The molecule has 0 unspecified atom stereocenters. The van der Waals surface area contributed by atoms with Gasteiger partial charge in [0.2, 0.25) is 0 Å². The third-order valence-corrected chi connectivity index (χ3v) is 2.04. The second-order valence-corrected chi connectivity index (χ2v) is 3.00. The summed E-state index contributed by atoms with van der Waals surface area (Å²) in [5.41, 5.74) is 1.28. The topological polar surface area (TPSA) is 63.8 Å². The van der Waals surface area contributed by atoms with Crippen molar-refractivity contribution in [3.63, 3.8) is 0 Å². The third kappa shape index (κ3) is 1.22. The molecule has 0 atom stereocenters. The van der Waals surface area contributed by atoms with Gasteiger partial charge in [-0.05, 0) is 13.8 Å². The molecule has 5 heteroatoms. The Bertz CT molecular complexity index is 449. The minimum atomic E-state index is 0.212. The molecule has 2 heterocycles. The molecule has 0 aliphatic heterocycles. The Hall–Kier alpha value is -1.91. The van der Waals surface area contributed by atoms with Gasteiger partial charge in [0.15, 0.2) is 11.6 Å². The lowest BCUT2D eigenvalue weighted by Crippen LogP contribution is -2.01. The van der Waals surface area contributed by atoms with Crippen molar-refractivity contribution >= 4 is 0 Å². The molecule has 0 saturated carbocycles. The van der Waals surface area contributed by atoms with E-state index in [0.29, 0.717) is 17.2 Å². The summed E-state index contributed by atoms with van der Waals surface area (Å²) >= 11 is 0. The van der Waals surface area contributed by atoms with E-state index in [4.69, 9.17) is 0 Å². The summed E-state index contributed by atoms with van der Waals surface area (Å²) < 4.78 is 1.59. The molecule has 0 spiro atoms. The maximum Gasteiger partial charge on any atom is 0.160 e. The molecule has 2 aromatic rings. The average Bonchev–Trinajstić information content (AvgIpc) is 2.47. The average molecular weight is 190 g/mol. The molecule has 0 aliphatic carbocycles. The van der Waals surface area contributed by atoms with Crippen molar-refractivity contribution in [3.05, 3.63) is 30.0 Å². The van der Waals surface area contributed by atoms with Gasteiger partial charge in [0.25, 0.3) is 0 Å². The van der Waals surface area contributed by atoms with Crippen LogP contribution in [0.2, 0.25) is 0 Å². The number of nitrogens with zero attached hydrogens (tertiary/aromatic N) is 4. The second kappa shape index (κ2) is 3.10. The zero-order valence-electron chi connectivity index (χ0n) is 7.97. The van der Waals surface area contributed by atoms with Crippen LogP contribution in [0.5, 0.6) is 5.75 Å². The third-order valence-electron chi connectivity index (χ3n) is 2.04. The van der Waals surface area contributed by atoms with E-state index in [1.807, 2.05) is 0 Å². The summed E-state index contributed by atoms with van der Waals surface area (Å²) in [4.78, 5) is 7.86. The lowest BCUT2D eigenvalue weighted by Gasteiger charge is -2.00. The first-order chi connectivity index (χ1) is 6.70. The zero-order chi connectivity index (χ0) is 10.1. The molecule has 2 rings (SSSR count). The highest BCUT2D eigenvalue weighted by atomic mass is 16.3. The maximum absolute atomic E-state index is 9.56. The van der Waals surface area contributed by atoms with Crippen molar-refractivity contribution in [1.29, 1.82) is 0 Å². The van der Waals surface area contributed by atoms with Gasteiger partial charge in [-0.1, -0.05) is 0 Å². The SMILES string of the molecule is Cc1nn(-c2ccncn2)c(C)c1O. The number of aromatic hydroxyl groups is 1. The van der Waals surface area contributed by atoms with Gasteiger partial charge in [-0.2, -0.15) is 5.10 Å². The van der Waals surface area contributed by atoms with Crippen LogP contribution in [0.3, 0.4) is 0 Å². The highest BCUT2D eigenvalue weighted by molar-refractivity contribution is 5.35. The van der Waals surface area contributed by atoms with Crippen LogP contribution in [0.15, 0.2) is 18.6 Å². The quantitative estimate of drug-likeness (QED) is 0.728. The molecule has 0 saturated heterocycles. The molecule has 0 amide bonds. The van der Waals surface area contributed by atoms with Crippen molar-refractivity contribution < 1.29 is 5.11 Å². The fourth-order valence-corrected chi connectivity index (χ4v) is 1.27. The summed E-state index contributed by atoms with van der Waals surface area (Å²) in [6.07, 6.45) is 3.08. The van der Waals surface area contributed by atoms with Crippen LogP contribution in [0.25, 0.3) is 5.82 Å². The molecule has 0 radical (unpaired) electrons. The van der Waals surface area contributed by atoms with Crippen LogP contribution in [-0.4, -0.2) is 24.9 Å². The lowest BCUT2D eigenvalue weighted by atomic mass is 10.3.